The Labute approximate surface area is 114 Å². The fourth-order valence-electron chi connectivity index (χ4n) is 1.96. The van der Waals surface area contributed by atoms with Crippen LogP contribution in [0.5, 0.6) is 0 Å². The minimum absolute atomic E-state index is 0.110. The van der Waals surface area contributed by atoms with Crippen molar-refractivity contribution < 1.29 is 13.5 Å². The number of sulfonamides is 1. The first kappa shape index (κ1) is 15.9. The second kappa shape index (κ2) is 7.47. The third kappa shape index (κ3) is 5.59. The summed E-state index contributed by atoms with van der Waals surface area (Å²) in [5.74, 6) is 0.424. The summed E-state index contributed by atoms with van der Waals surface area (Å²) >= 11 is 0. The van der Waals surface area contributed by atoms with E-state index in [4.69, 9.17) is 10.2 Å². The van der Waals surface area contributed by atoms with Gasteiger partial charge >= 0.3 is 0 Å². The second-order valence-electron chi connectivity index (χ2n) is 4.62. The smallest absolute Gasteiger partial charge is 0.238 e. The van der Waals surface area contributed by atoms with Crippen LogP contribution in [-0.2, 0) is 10.0 Å². The van der Waals surface area contributed by atoms with E-state index in [1.165, 1.54) is 12.1 Å². The number of nitrogens with two attached hydrogens (primary N) is 1. The molecule has 0 aromatic heterocycles. The van der Waals surface area contributed by atoms with Crippen LogP contribution >= 0.6 is 0 Å². The van der Waals surface area contributed by atoms with E-state index < -0.39 is 10.0 Å². The first-order valence-electron chi connectivity index (χ1n) is 6.45. The zero-order valence-electron chi connectivity index (χ0n) is 11.2. The van der Waals surface area contributed by atoms with Crippen LogP contribution in [0.25, 0.3) is 0 Å². The van der Waals surface area contributed by atoms with E-state index in [0.29, 0.717) is 5.92 Å². The van der Waals surface area contributed by atoms with Gasteiger partial charge in [0.2, 0.25) is 10.0 Å². The summed E-state index contributed by atoms with van der Waals surface area (Å²) in [6.45, 7) is 3.07. The lowest BCUT2D eigenvalue weighted by atomic mass is 10.0. The zero-order chi connectivity index (χ0) is 14.3. The van der Waals surface area contributed by atoms with Gasteiger partial charge in [-0.25, -0.2) is 13.6 Å². The Morgan fingerprint density at radius 2 is 1.89 bits per heavy atom. The highest BCUT2D eigenvalue weighted by Gasteiger charge is 2.09. The molecular formula is C13H22N2O3S. The molecule has 0 saturated heterocycles. The lowest BCUT2D eigenvalue weighted by molar-refractivity contribution is 0.255. The summed E-state index contributed by atoms with van der Waals surface area (Å²) < 4.78 is 22.2. The third-order valence-electron chi connectivity index (χ3n) is 3.01. The van der Waals surface area contributed by atoms with E-state index in [9.17, 15) is 8.42 Å². The van der Waals surface area contributed by atoms with Crippen molar-refractivity contribution in [2.24, 2.45) is 11.1 Å². The van der Waals surface area contributed by atoms with Crippen LogP contribution in [0, 0.1) is 5.92 Å². The molecule has 5 nitrogen and oxygen atoms in total. The van der Waals surface area contributed by atoms with Gasteiger partial charge in [0.1, 0.15) is 0 Å². The van der Waals surface area contributed by atoms with Gasteiger partial charge in [-0.2, -0.15) is 0 Å². The van der Waals surface area contributed by atoms with Crippen LogP contribution < -0.4 is 10.5 Å². The molecular weight excluding hydrogens is 264 g/mol. The summed E-state index contributed by atoms with van der Waals surface area (Å²) in [6, 6.07) is 6.36. The quantitative estimate of drug-likeness (QED) is 0.676. The molecule has 0 amide bonds. The number of aliphatic hydroxyl groups is 1. The number of hydrogen-bond donors (Lipinski definition) is 3. The van der Waals surface area contributed by atoms with Crippen LogP contribution in [-0.4, -0.2) is 26.7 Å². The maximum Gasteiger partial charge on any atom is 0.238 e. The van der Waals surface area contributed by atoms with Crippen molar-refractivity contribution in [2.45, 2.75) is 31.1 Å². The van der Waals surface area contributed by atoms with E-state index in [1.54, 1.807) is 12.1 Å². The van der Waals surface area contributed by atoms with Gasteiger partial charge in [0, 0.05) is 18.8 Å². The molecule has 19 heavy (non-hydrogen) atoms. The van der Waals surface area contributed by atoms with Crippen LogP contribution in [0.3, 0.4) is 0 Å². The van der Waals surface area contributed by atoms with Crippen LogP contribution in [0.15, 0.2) is 29.2 Å². The number of benzene rings is 1. The largest absolute Gasteiger partial charge is 0.396 e. The van der Waals surface area contributed by atoms with Crippen molar-refractivity contribution in [2.75, 3.05) is 18.5 Å². The highest BCUT2D eigenvalue weighted by molar-refractivity contribution is 7.89. The molecule has 1 aromatic rings. The Kier molecular flexibility index (Phi) is 6.27. The molecule has 0 bridgehead atoms. The molecule has 4 N–H and O–H groups in total. The van der Waals surface area contributed by atoms with Gasteiger partial charge in [0.05, 0.1) is 4.90 Å². The van der Waals surface area contributed by atoms with Gasteiger partial charge in [-0.3, -0.25) is 0 Å². The summed E-state index contributed by atoms with van der Waals surface area (Å²) in [6.07, 6.45) is 2.91. The van der Waals surface area contributed by atoms with Crippen molar-refractivity contribution in [1.29, 1.82) is 0 Å². The molecule has 0 saturated carbocycles. The highest BCUT2D eigenvalue weighted by atomic mass is 32.2. The van der Waals surface area contributed by atoms with Crippen molar-refractivity contribution in [3.05, 3.63) is 24.3 Å². The molecule has 1 unspecified atom stereocenters. The molecule has 0 heterocycles. The third-order valence-corrected chi connectivity index (χ3v) is 3.94. The van der Waals surface area contributed by atoms with Crippen molar-refractivity contribution in [3.8, 4) is 0 Å². The molecule has 0 radical (unpaired) electrons. The topological polar surface area (TPSA) is 92.4 Å². The Bertz CT molecular complexity index is 465. The standard InChI is InChI=1S/C13H22N2O3S/c1-2-3-11(8-9-16)10-15-12-4-6-13(7-5-12)19(14,17)18/h4-7,11,15-16H,2-3,8-10H2,1H3,(H2,14,17,18). The van der Waals surface area contributed by atoms with Gasteiger partial charge in [0.15, 0.2) is 0 Å². The maximum absolute atomic E-state index is 11.1. The Morgan fingerprint density at radius 3 is 2.37 bits per heavy atom. The maximum atomic E-state index is 11.1. The van der Waals surface area contributed by atoms with Crippen LogP contribution in [0.1, 0.15) is 26.2 Å². The van der Waals surface area contributed by atoms with Gasteiger partial charge in [-0.15, -0.1) is 0 Å². The molecule has 0 fully saturated rings. The lowest BCUT2D eigenvalue weighted by Gasteiger charge is -2.16. The molecule has 0 aliphatic rings. The van der Waals surface area contributed by atoms with Crippen molar-refractivity contribution in [1.82, 2.24) is 0 Å². The lowest BCUT2D eigenvalue weighted by Crippen LogP contribution is -2.16. The Morgan fingerprint density at radius 1 is 1.26 bits per heavy atom. The number of anilines is 1. The summed E-state index contributed by atoms with van der Waals surface area (Å²) in [7, 11) is -3.63. The molecule has 1 atom stereocenters. The van der Waals surface area contributed by atoms with E-state index >= 15 is 0 Å². The number of hydrogen-bond acceptors (Lipinski definition) is 4. The summed E-state index contributed by atoms with van der Waals surface area (Å²) in [4.78, 5) is 0.110. The first-order valence-corrected chi connectivity index (χ1v) is 7.99. The van der Waals surface area contributed by atoms with Gasteiger partial charge in [-0.1, -0.05) is 13.3 Å². The molecule has 6 heteroatoms. The van der Waals surface area contributed by atoms with E-state index in [0.717, 1.165) is 31.5 Å². The number of nitrogens with one attached hydrogen (secondary N) is 1. The zero-order valence-corrected chi connectivity index (χ0v) is 12.0. The van der Waals surface area contributed by atoms with E-state index in [1.807, 2.05) is 0 Å². The normalized spacial score (nSPS) is 13.2. The Hall–Kier alpha value is -1.11. The van der Waals surface area contributed by atoms with Crippen molar-refractivity contribution >= 4 is 15.7 Å². The molecule has 0 aliphatic carbocycles. The highest BCUT2D eigenvalue weighted by Crippen LogP contribution is 2.15. The van der Waals surface area contributed by atoms with E-state index in [-0.39, 0.29) is 11.5 Å². The SMILES string of the molecule is CCCC(CCO)CNc1ccc(S(N)(=O)=O)cc1. The van der Waals surface area contributed by atoms with Crippen LogP contribution in [0.2, 0.25) is 0 Å². The summed E-state index contributed by atoms with van der Waals surface area (Å²) in [5, 5.41) is 17.3. The first-order chi connectivity index (χ1) is 8.97. The number of primary sulfonamides is 1. The second-order valence-corrected chi connectivity index (χ2v) is 6.18. The predicted molar refractivity (Wildman–Crippen MR) is 76.4 cm³/mol. The fourth-order valence-corrected chi connectivity index (χ4v) is 2.48. The minimum atomic E-state index is -3.63. The fraction of sp³-hybridized carbons (Fsp3) is 0.538. The average Bonchev–Trinajstić information content (AvgIpc) is 2.36. The minimum Gasteiger partial charge on any atom is -0.396 e. The van der Waals surface area contributed by atoms with Crippen LogP contribution in [0.4, 0.5) is 5.69 Å². The average molecular weight is 286 g/mol. The molecule has 0 aliphatic heterocycles. The van der Waals surface area contributed by atoms with E-state index in [2.05, 4.69) is 12.2 Å². The molecule has 0 spiro atoms. The molecule has 108 valence electrons. The molecule has 1 aromatic carbocycles. The van der Waals surface area contributed by atoms with Crippen molar-refractivity contribution in [3.63, 3.8) is 0 Å². The number of rotatable bonds is 8. The Balaban J connectivity index is 2.58. The van der Waals surface area contributed by atoms with Gasteiger partial charge in [-0.05, 0) is 43.0 Å². The molecule has 1 rings (SSSR count). The summed E-state index contributed by atoms with van der Waals surface area (Å²) in [5.41, 5.74) is 0.853. The van der Waals surface area contributed by atoms with Gasteiger partial charge < -0.3 is 10.4 Å². The number of aliphatic hydroxyl groups excluding tert-OH is 1. The monoisotopic (exact) mass is 286 g/mol. The predicted octanol–water partition coefficient (Wildman–Crippen LogP) is 1.54. The van der Waals surface area contributed by atoms with Gasteiger partial charge in [0.25, 0.3) is 0 Å².